The number of hydrogen-bond acceptors (Lipinski definition) is 4. The molecule has 0 N–H and O–H groups in total. The largest absolute Gasteiger partial charge is 0.483 e. The lowest BCUT2D eigenvalue weighted by Crippen LogP contribution is -2.39. The molecule has 0 spiro atoms. The fourth-order valence-electron chi connectivity index (χ4n) is 4.18. The maximum atomic E-state index is 12.8. The summed E-state index contributed by atoms with van der Waals surface area (Å²) in [5.74, 6) is 0.425. The standard InChI is InChI=1S/C22H26N2O4S/c1-16-13-19(29(26,27)23-11-5-6-12-23)9-10-21(16)28-15-22(25)24-17(2)14-18-7-3-4-8-20(18)24/h3-4,7-10,13,17H,5-6,11-12,14-15H2,1-2H3/t17-/m0/s1. The summed E-state index contributed by atoms with van der Waals surface area (Å²) < 4.78 is 32.7. The highest BCUT2D eigenvalue weighted by atomic mass is 32.2. The van der Waals surface area contributed by atoms with Crippen molar-refractivity contribution in [3.63, 3.8) is 0 Å². The van der Waals surface area contributed by atoms with Crippen LogP contribution in [0.5, 0.6) is 5.75 Å². The molecule has 1 atom stereocenters. The van der Waals surface area contributed by atoms with Gasteiger partial charge in [-0.3, -0.25) is 4.79 Å². The molecule has 2 aromatic rings. The van der Waals surface area contributed by atoms with E-state index >= 15 is 0 Å². The average molecular weight is 415 g/mol. The third-order valence-corrected chi connectivity index (χ3v) is 7.57. The van der Waals surface area contributed by atoms with Crippen LogP contribution >= 0.6 is 0 Å². The highest BCUT2D eigenvalue weighted by Crippen LogP contribution is 2.32. The Bertz CT molecular complexity index is 1030. The van der Waals surface area contributed by atoms with Crippen LogP contribution in [0.15, 0.2) is 47.4 Å². The number of nitrogens with zero attached hydrogens (tertiary/aromatic N) is 2. The van der Waals surface area contributed by atoms with Crippen LogP contribution in [-0.4, -0.2) is 44.4 Å². The molecular formula is C22H26N2O4S. The number of aryl methyl sites for hydroxylation is 1. The van der Waals surface area contributed by atoms with Crippen molar-refractivity contribution in [3.8, 4) is 5.75 Å². The summed E-state index contributed by atoms with van der Waals surface area (Å²) in [5.41, 5.74) is 2.81. The zero-order valence-electron chi connectivity index (χ0n) is 16.8. The third-order valence-electron chi connectivity index (χ3n) is 5.68. The third kappa shape index (κ3) is 3.76. The van der Waals surface area contributed by atoms with Crippen molar-refractivity contribution in [2.24, 2.45) is 0 Å². The molecule has 6 nitrogen and oxygen atoms in total. The topological polar surface area (TPSA) is 66.9 Å². The van der Waals surface area contributed by atoms with Crippen molar-refractivity contribution >= 4 is 21.6 Å². The van der Waals surface area contributed by atoms with E-state index in [4.69, 9.17) is 4.74 Å². The number of sulfonamides is 1. The molecule has 1 amide bonds. The van der Waals surface area contributed by atoms with Crippen molar-refractivity contribution in [2.75, 3.05) is 24.6 Å². The summed E-state index contributed by atoms with van der Waals surface area (Å²) in [5, 5.41) is 0. The number of para-hydroxylation sites is 1. The van der Waals surface area contributed by atoms with E-state index in [0.717, 1.165) is 24.9 Å². The highest BCUT2D eigenvalue weighted by molar-refractivity contribution is 7.89. The quantitative estimate of drug-likeness (QED) is 0.754. The highest BCUT2D eigenvalue weighted by Gasteiger charge is 2.31. The van der Waals surface area contributed by atoms with Crippen molar-refractivity contribution in [2.45, 2.75) is 44.0 Å². The average Bonchev–Trinajstić information content (AvgIpc) is 3.34. The van der Waals surface area contributed by atoms with Gasteiger partial charge in [-0.1, -0.05) is 18.2 Å². The van der Waals surface area contributed by atoms with Crippen LogP contribution in [0.4, 0.5) is 5.69 Å². The summed E-state index contributed by atoms with van der Waals surface area (Å²) in [7, 11) is -3.46. The van der Waals surface area contributed by atoms with Crippen LogP contribution in [-0.2, 0) is 21.2 Å². The van der Waals surface area contributed by atoms with Gasteiger partial charge in [0, 0.05) is 24.8 Å². The van der Waals surface area contributed by atoms with Crippen LogP contribution in [0.1, 0.15) is 30.9 Å². The van der Waals surface area contributed by atoms with Gasteiger partial charge < -0.3 is 9.64 Å². The molecule has 2 aliphatic heterocycles. The van der Waals surface area contributed by atoms with Gasteiger partial charge in [0.15, 0.2) is 6.61 Å². The molecule has 0 aliphatic carbocycles. The van der Waals surface area contributed by atoms with Gasteiger partial charge in [-0.05, 0) is 68.5 Å². The Morgan fingerprint density at radius 3 is 2.59 bits per heavy atom. The minimum absolute atomic E-state index is 0.0856. The maximum Gasteiger partial charge on any atom is 0.265 e. The monoisotopic (exact) mass is 414 g/mol. The zero-order chi connectivity index (χ0) is 20.6. The molecule has 2 aromatic carbocycles. The van der Waals surface area contributed by atoms with Gasteiger partial charge in [-0.2, -0.15) is 4.31 Å². The van der Waals surface area contributed by atoms with Crippen LogP contribution in [0.25, 0.3) is 0 Å². The maximum absolute atomic E-state index is 12.8. The predicted octanol–water partition coefficient (Wildman–Crippen LogP) is 3.14. The molecular weight excluding hydrogens is 388 g/mol. The number of anilines is 1. The Kier molecular flexibility index (Phi) is 5.36. The van der Waals surface area contributed by atoms with Gasteiger partial charge in [-0.15, -0.1) is 0 Å². The molecule has 154 valence electrons. The summed E-state index contributed by atoms with van der Waals surface area (Å²) in [6.07, 6.45) is 2.64. The fourth-order valence-corrected chi connectivity index (χ4v) is 5.78. The fraction of sp³-hybridized carbons (Fsp3) is 0.409. The summed E-state index contributed by atoms with van der Waals surface area (Å²) in [4.78, 5) is 14.9. The van der Waals surface area contributed by atoms with E-state index in [2.05, 4.69) is 0 Å². The van der Waals surface area contributed by atoms with Gasteiger partial charge in [0.1, 0.15) is 5.75 Å². The number of ether oxygens (including phenoxy) is 1. The second-order valence-corrected chi connectivity index (χ2v) is 9.71. The Morgan fingerprint density at radius 2 is 1.86 bits per heavy atom. The molecule has 2 heterocycles. The summed E-state index contributed by atoms with van der Waals surface area (Å²) >= 11 is 0. The number of amides is 1. The van der Waals surface area contributed by atoms with E-state index in [1.165, 1.54) is 9.87 Å². The van der Waals surface area contributed by atoms with E-state index in [1.807, 2.05) is 31.2 Å². The first-order valence-corrected chi connectivity index (χ1v) is 11.5. The lowest BCUT2D eigenvalue weighted by atomic mass is 10.1. The van der Waals surface area contributed by atoms with Gasteiger partial charge >= 0.3 is 0 Å². The van der Waals surface area contributed by atoms with Crippen LogP contribution in [0, 0.1) is 6.92 Å². The zero-order valence-corrected chi connectivity index (χ0v) is 17.6. The molecule has 1 fully saturated rings. The normalized spacial score (nSPS) is 19.4. The number of fused-ring (bicyclic) bond motifs is 1. The van der Waals surface area contributed by atoms with Gasteiger partial charge in [0.2, 0.25) is 10.0 Å². The van der Waals surface area contributed by atoms with Crippen molar-refractivity contribution in [1.29, 1.82) is 0 Å². The van der Waals surface area contributed by atoms with Crippen molar-refractivity contribution in [1.82, 2.24) is 4.31 Å². The first kappa shape index (κ1) is 19.9. The Hall–Kier alpha value is -2.38. The number of carbonyl (C=O) groups is 1. The Labute approximate surface area is 172 Å². The first-order valence-electron chi connectivity index (χ1n) is 10.0. The molecule has 2 aliphatic rings. The minimum atomic E-state index is -3.46. The van der Waals surface area contributed by atoms with E-state index in [0.29, 0.717) is 24.4 Å². The van der Waals surface area contributed by atoms with E-state index < -0.39 is 10.0 Å². The van der Waals surface area contributed by atoms with Crippen molar-refractivity contribution < 1.29 is 17.9 Å². The lowest BCUT2D eigenvalue weighted by molar-refractivity contribution is -0.120. The Morgan fingerprint density at radius 1 is 1.14 bits per heavy atom. The molecule has 1 saturated heterocycles. The molecule has 0 unspecified atom stereocenters. The molecule has 7 heteroatoms. The first-order chi connectivity index (χ1) is 13.9. The van der Waals surface area contributed by atoms with Crippen molar-refractivity contribution in [3.05, 3.63) is 53.6 Å². The van der Waals surface area contributed by atoms with Gasteiger partial charge in [0.05, 0.1) is 4.90 Å². The number of benzene rings is 2. The smallest absolute Gasteiger partial charge is 0.265 e. The number of rotatable bonds is 5. The predicted molar refractivity (Wildman–Crippen MR) is 112 cm³/mol. The molecule has 4 rings (SSSR count). The molecule has 0 saturated carbocycles. The molecule has 0 bridgehead atoms. The van der Waals surface area contributed by atoms with E-state index in [-0.39, 0.29) is 23.5 Å². The summed E-state index contributed by atoms with van der Waals surface area (Å²) in [6.45, 7) is 4.89. The summed E-state index contributed by atoms with van der Waals surface area (Å²) in [6, 6.07) is 12.8. The molecule has 0 radical (unpaired) electrons. The Balaban J connectivity index is 1.46. The van der Waals surface area contributed by atoms with Crippen LogP contribution in [0.3, 0.4) is 0 Å². The minimum Gasteiger partial charge on any atom is -0.483 e. The second kappa shape index (κ2) is 7.80. The van der Waals surface area contributed by atoms with E-state index in [9.17, 15) is 13.2 Å². The molecule has 29 heavy (non-hydrogen) atoms. The van der Waals surface area contributed by atoms with Crippen LogP contribution in [0.2, 0.25) is 0 Å². The van der Waals surface area contributed by atoms with Gasteiger partial charge in [-0.25, -0.2) is 8.42 Å². The van der Waals surface area contributed by atoms with Gasteiger partial charge in [0.25, 0.3) is 5.91 Å². The lowest BCUT2D eigenvalue weighted by Gasteiger charge is -2.23. The second-order valence-electron chi connectivity index (χ2n) is 7.77. The molecule has 0 aromatic heterocycles. The van der Waals surface area contributed by atoms with E-state index in [1.54, 1.807) is 30.0 Å². The van der Waals surface area contributed by atoms with Crippen LogP contribution < -0.4 is 9.64 Å². The number of carbonyl (C=O) groups excluding carboxylic acids is 1. The number of hydrogen-bond donors (Lipinski definition) is 0. The SMILES string of the molecule is Cc1cc(S(=O)(=O)N2CCCC2)ccc1OCC(=O)N1c2ccccc2C[C@@H]1C.